The largest absolute Gasteiger partial charge is 0.478 e. The van der Waals surface area contributed by atoms with Crippen molar-refractivity contribution in [1.82, 2.24) is 9.88 Å². The van der Waals surface area contributed by atoms with Crippen molar-refractivity contribution in [2.75, 3.05) is 6.54 Å². The molecule has 0 aliphatic rings. The summed E-state index contributed by atoms with van der Waals surface area (Å²) in [5, 5.41) is 13.4. The van der Waals surface area contributed by atoms with Gasteiger partial charge in [-0.2, -0.15) is 0 Å². The first-order valence-electron chi connectivity index (χ1n) is 10.9. The number of benzene rings is 2. The first kappa shape index (κ1) is 22.8. The van der Waals surface area contributed by atoms with Crippen molar-refractivity contribution in [2.24, 2.45) is 0 Å². The molecule has 0 bridgehead atoms. The smallest absolute Gasteiger partial charge is 0.337 e. The lowest BCUT2D eigenvalue weighted by molar-refractivity contribution is 0.0694. The number of carboxylic acid groups (broad SMARTS) is 1. The van der Waals surface area contributed by atoms with Gasteiger partial charge in [-0.15, -0.1) is 0 Å². The highest BCUT2D eigenvalue weighted by atomic mass is 16.4. The molecule has 3 aromatic rings. The van der Waals surface area contributed by atoms with E-state index in [1.54, 1.807) is 0 Å². The van der Waals surface area contributed by atoms with Crippen LogP contribution in [-0.2, 0) is 13.1 Å². The summed E-state index contributed by atoms with van der Waals surface area (Å²) >= 11 is 0. The van der Waals surface area contributed by atoms with Gasteiger partial charge in [0.05, 0.1) is 5.56 Å². The van der Waals surface area contributed by atoms with Gasteiger partial charge in [-0.25, -0.2) is 4.79 Å². The van der Waals surface area contributed by atoms with Crippen molar-refractivity contribution in [3.05, 3.63) is 92.8 Å². The minimum Gasteiger partial charge on any atom is -0.478 e. The zero-order valence-electron chi connectivity index (χ0n) is 19.5. The fourth-order valence-corrected chi connectivity index (χ4v) is 4.62. The van der Waals surface area contributed by atoms with Crippen LogP contribution in [-0.4, -0.2) is 22.2 Å². The molecule has 31 heavy (non-hydrogen) atoms. The number of nitrogens with zero attached hydrogens (tertiary/aromatic N) is 1. The maximum absolute atomic E-state index is 12.1. The molecule has 0 amide bonds. The summed E-state index contributed by atoms with van der Waals surface area (Å²) in [5.41, 5.74) is 9.45. The second-order valence-electron chi connectivity index (χ2n) is 8.74. The normalized spacial score (nSPS) is 12.2. The van der Waals surface area contributed by atoms with Gasteiger partial charge in [0.15, 0.2) is 0 Å². The summed E-state index contributed by atoms with van der Waals surface area (Å²) in [6, 6.07) is 14.8. The maximum atomic E-state index is 12.1. The molecule has 1 atom stereocenters. The van der Waals surface area contributed by atoms with Crippen LogP contribution in [0.15, 0.2) is 42.5 Å². The second kappa shape index (κ2) is 9.52. The van der Waals surface area contributed by atoms with E-state index >= 15 is 0 Å². The Kier molecular flexibility index (Phi) is 7.01. The first-order chi connectivity index (χ1) is 14.7. The van der Waals surface area contributed by atoms with Crippen LogP contribution in [0.3, 0.4) is 0 Å². The molecule has 1 aromatic heterocycles. The summed E-state index contributed by atoms with van der Waals surface area (Å²) in [7, 11) is 0. The Morgan fingerprint density at radius 3 is 2.16 bits per heavy atom. The van der Waals surface area contributed by atoms with E-state index in [0.717, 1.165) is 23.5 Å². The molecule has 0 saturated heterocycles. The fraction of sp³-hybridized carbons (Fsp3) is 0.370. The number of aryl methyl sites for hydroxylation is 3. The van der Waals surface area contributed by atoms with Gasteiger partial charge in [-0.1, -0.05) is 55.0 Å². The quantitative estimate of drug-likeness (QED) is 0.495. The third-order valence-corrected chi connectivity index (χ3v) is 6.40. The number of nitrogens with one attached hydrogen (secondary N) is 1. The highest BCUT2D eigenvalue weighted by Gasteiger charge is 2.23. The highest BCUT2D eigenvalue weighted by molar-refractivity contribution is 5.91. The van der Waals surface area contributed by atoms with E-state index in [1.807, 2.05) is 19.9 Å². The van der Waals surface area contributed by atoms with Crippen LogP contribution >= 0.6 is 0 Å². The Morgan fingerprint density at radius 1 is 0.968 bits per heavy atom. The minimum absolute atomic E-state index is 0.357. The van der Waals surface area contributed by atoms with Gasteiger partial charge < -0.3 is 15.0 Å². The molecule has 1 heterocycles. The van der Waals surface area contributed by atoms with E-state index in [-0.39, 0.29) is 0 Å². The molecule has 4 heteroatoms. The van der Waals surface area contributed by atoms with Crippen molar-refractivity contribution in [2.45, 2.75) is 60.5 Å². The molecular formula is C27H34N2O2. The summed E-state index contributed by atoms with van der Waals surface area (Å²) in [5.74, 6) is -0.500. The summed E-state index contributed by atoms with van der Waals surface area (Å²) in [6.07, 6.45) is 0. The molecule has 0 aliphatic carbocycles. The van der Waals surface area contributed by atoms with Gasteiger partial charge in [0.25, 0.3) is 0 Å². The van der Waals surface area contributed by atoms with Crippen molar-refractivity contribution < 1.29 is 9.90 Å². The number of carbonyl (C=O) groups is 1. The van der Waals surface area contributed by atoms with E-state index in [4.69, 9.17) is 0 Å². The number of carboxylic acids is 1. The van der Waals surface area contributed by atoms with E-state index in [2.05, 4.69) is 74.0 Å². The lowest BCUT2D eigenvalue weighted by Gasteiger charge is -2.16. The van der Waals surface area contributed by atoms with Crippen LogP contribution in [0, 0.1) is 34.6 Å². The van der Waals surface area contributed by atoms with Crippen LogP contribution in [0.5, 0.6) is 0 Å². The fourth-order valence-electron chi connectivity index (χ4n) is 4.62. The Morgan fingerprint density at radius 2 is 1.58 bits per heavy atom. The van der Waals surface area contributed by atoms with Crippen LogP contribution in [0.1, 0.15) is 68.0 Å². The second-order valence-corrected chi connectivity index (χ2v) is 8.74. The summed E-state index contributed by atoms with van der Waals surface area (Å²) in [6.45, 7) is 14.6. The molecule has 2 aromatic carbocycles. The average Bonchev–Trinajstić information content (AvgIpc) is 2.95. The van der Waals surface area contributed by atoms with Gasteiger partial charge in [-0.3, -0.25) is 0 Å². The minimum atomic E-state index is -0.857. The zero-order valence-corrected chi connectivity index (χ0v) is 19.5. The van der Waals surface area contributed by atoms with Gasteiger partial charge in [0.2, 0.25) is 0 Å². The third kappa shape index (κ3) is 4.91. The SMILES string of the molecule is Cc1cc(C)c(Cn2c(C)c(CNCC(C)c3ccccc3)c(C(=O)O)c2C)c(C)c1. The molecule has 164 valence electrons. The zero-order chi connectivity index (χ0) is 22.7. The lowest BCUT2D eigenvalue weighted by Crippen LogP contribution is -2.21. The number of hydrogen-bond acceptors (Lipinski definition) is 2. The van der Waals surface area contributed by atoms with E-state index in [9.17, 15) is 9.90 Å². The molecule has 4 nitrogen and oxygen atoms in total. The van der Waals surface area contributed by atoms with Gasteiger partial charge in [0, 0.05) is 36.6 Å². The molecule has 0 saturated carbocycles. The number of hydrogen-bond donors (Lipinski definition) is 2. The lowest BCUT2D eigenvalue weighted by atomic mass is 9.99. The number of aromatic nitrogens is 1. The van der Waals surface area contributed by atoms with Crippen LogP contribution in [0.4, 0.5) is 0 Å². The van der Waals surface area contributed by atoms with Crippen LogP contribution in [0.2, 0.25) is 0 Å². The molecule has 0 radical (unpaired) electrons. The third-order valence-electron chi connectivity index (χ3n) is 6.40. The molecule has 3 rings (SSSR count). The number of aromatic carboxylic acids is 1. The van der Waals surface area contributed by atoms with E-state index in [1.165, 1.54) is 27.8 Å². The monoisotopic (exact) mass is 418 g/mol. The van der Waals surface area contributed by atoms with Gasteiger partial charge >= 0.3 is 5.97 Å². The first-order valence-corrected chi connectivity index (χ1v) is 10.9. The topological polar surface area (TPSA) is 54.3 Å². The summed E-state index contributed by atoms with van der Waals surface area (Å²) < 4.78 is 2.16. The molecule has 0 aliphatic heterocycles. The Bertz CT molecular complexity index is 1060. The Hall–Kier alpha value is -2.85. The highest BCUT2D eigenvalue weighted by Crippen LogP contribution is 2.26. The predicted octanol–water partition coefficient (Wildman–Crippen LogP) is 5.67. The van der Waals surface area contributed by atoms with Gasteiger partial charge in [0.1, 0.15) is 0 Å². The average molecular weight is 419 g/mol. The predicted molar refractivity (Wildman–Crippen MR) is 127 cm³/mol. The Balaban J connectivity index is 1.85. The number of rotatable bonds is 8. The van der Waals surface area contributed by atoms with Crippen molar-refractivity contribution >= 4 is 5.97 Å². The Labute approximate surface area is 185 Å². The van der Waals surface area contributed by atoms with Gasteiger partial charge in [-0.05, 0) is 62.8 Å². The van der Waals surface area contributed by atoms with Crippen molar-refractivity contribution in [3.63, 3.8) is 0 Å². The van der Waals surface area contributed by atoms with Crippen LogP contribution in [0.25, 0.3) is 0 Å². The van der Waals surface area contributed by atoms with E-state index < -0.39 is 5.97 Å². The molecular weight excluding hydrogens is 384 g/mol. The molecule has 0 spiro atoms. The summed E-state index contributed by atoms with van der Waals surface area (Å²) in [4.78, 5) is 12.1. The van der Waals surface area contributed by atoms with Crippen molar-refractivity contribution in [1.29, 1.82) is 0 Å². The molecule has 2 N–H and O–H groups in total. The standard InChI is InChI=1S/C27H34N2O2/c1-17-12-18(2)25(19(3)13-17)16-29-21(5)24(26(22(29)6)27(30)31)15-28-14-20(4)23-10-8-7-9-11-23/h7-13,20,28H,14-16H2,1-6H3,(H,30,31). The van der Waals surface area contributed by atoms with E-state index in [0.29, 0.717) is 24.6 Å². The van der Waals surface area contributed by atoms with Crippen LogP contribution < -0.4 is 5.32 Å². The maximum Gasteiger partial charge on any atom is 0.337 e. The van der Waals surface area contributed by atoms with Crippen molar-refractivity contribution in [3.8, 4) is 0 Å². The molecule has 0 fully saturated rings. The molecule has 1 unspecified atom stereocenters.